The van der Waals surface area contributed by atoms with Crippen molar-refractivity contribution in [3.63, 3.8) is 0 Å². The summed E-state index contributed by atoms with van der Waals surface area (Å²) in [4.78, 5) is 26.7. The fraction of sp³-hybridized carbons (Fsp3) is 0.333. The molecule has 0 atom stereocenters. The van der Waals surface area contributed by atoms with Crippen molar-refractivity contribution in [1.29, 1.82) is 0 Å². The number of rotatable bonds is 5. The van der Waals surface area contributed by atoms with Gasteiger partial charge in [0.05, 0.1) is 6.54 Å². The summed E-state index contributed by atoms with van der Waals surface area (Å²) in [7, 11) is 0. The minimum atomic E-state index is -0.181. The van der Waals surface area contributed by atoms with Crippen LogP contribution in [0.5, 0.6) is 0 Å². The highest BCUT2D eigenvalue weighted by atomic mass is 35.5. The van der Waals surface area contributed by atoms with Crippen LogP contribution in [0.15, 0.2) is 48.5 Å². The SMILES string of the molecule is CC1CCN(C(=O)c2cccc(NCC(=O)Nc3cccc(Cl)c3)c2)CC1. The Kier molecular flexibility index (Phi) is 6.35. The standard InChI is InChI=1S/C21H24ClN3O2/c1-15-8-10-25(11-9-15)21(27)16-4-2-6-18(12-16)23-14-20(26)24-19-7-3-5-17(22)13-19/h2-7,12-13,15,23H,8-11,14H2,1H3,(H,24,26). The largest absolute Gasteiger partial charge is 0.376 e. The normalized spacial score (nSPS) is 14.7. The smallest absolute Gasteiger partial charge is 0.253 e. The number of nitrogens with zero attached hydrogens (tertiary/aromatic N) is 1. The van der Waals surface area contributed by atoms with Crippen LogP contribution >= 0.6 is 11.6 Å². The Hall–Kier alpha value is -2.53. The molecule has 1 aliphatic rings. The van der Waals surface area contributed by atoms with Crippen LogP contribution in [0.1, 0.15) is 30.1 Å². The second-order valence-corrected chi connectivity index (χ2v) is 7.40. The van der Waals surface area contributed by atoms with Crippen LogP contribution < -0.4 is 10.6 Å². The van der Waals surface area contributed by atoms with Crippen LogP contribution in [-0.4, -0.2) is 36.3 Å². The van der Waals surface area contributed by atoms with Crippen molar-refractivity contribution in [2.75, 3.05) is 30.3 Å². The third-order valence-corrected chi connectivity index (χ3v) is 4.98. The number of amides is 2. The van der Waals surface area contributed by atoms with Gasteiger partial charge in [-0.05, 0) is 55.2 Å². The summed E-state index contributed by atoms with van der Waals surface area (Å²) in [5.41, 5.74) is 2.04. The van der Waals surface area contributed by atoms with E-state index in [9.17, 15) is 9.59 Å². The zero-order valence-corrected chi connectivity index (χ0v) is 16.1. The first-order chi connectivity index (χ1) is 13.0. The lowest BCUT2D eigenvalue weighted by Gasteiger charge is -2.30. The molecular weight excluding hydrogens is 362 g/mol. The number of hydrogen-bond acceptors (Lipinski definition) is 3. The number of nitrogens with one attached hydrogen (secondary N) is 2. The second kappa shape index (κ2) is 8.91. The molecule has 27 heavy (non-hydrogen) atoms. The van der Waals surface area contributed by atoms with Crippen molar-refractivity contribution in [3.05, 3.63) is 59.1 Å². The van der Waals surface area contributed by atoms with Gasteiger partial charge in [0.15, 0.2) is 0 Å². The molecule has 0 unspecified atom stereocenters. The summed E-state index contributed by atoms with van der Waals surface area (Å²) in [5.74, 6) is 0.549. The Labute approximate surface area is 164 Å². The van der Waals surface area contributed by atoms with Gasteiger partial charge in [0.25, 0.3) is 5.91 Å². The number of carbonyl (C=O) groups excluding carboxylic acids is 2. The van der Waals surface area contributed by atoms with Gasteiger partial charge in [0, 0.05) is 35.1 Å². The van der Waals surface area contributed by atoms with Crippen molar-refractivity contribution in [3.8, 4) is 0 Å². The van der Waals surface area contributed by atoms with E-state index in [4.69, 9.17) is 11.6 Å². The van der Waals surface area contributed by atoms with E-state index < -0.39 is 0 Å². The molecule has 0 spiro atoms. The van der Waals surface area contributed by atoms with E-state index in [1.807, 2.05) is 23.1 Å². The Balaban J connectivity index is 1.55. The molecule has 0 aromatic heterocycles. The van der Waals surface area contributed by atoms with Crippen LogP contribution in [0.4, 0.5) is 11.4 Å². The predicted molar refractivity (Wildman–Crippen MR) is 109 cm³/mol. The predicted octanol–water partition coefficient (Wildman–Crippen LogP) is 4.26. The maximum atomic E-state index is 12.7. The molecule has 0 radical (unpaired) electrons. The number of hydrogen-bond donors (Lipinski definition) is 2. The number of halogens is 1. The summed E-state index contributed by atoms with van der Waals surface area (Å²) < 4.78 is 0. The highest BCUT2D eigenvalue weighted by Crippen LogP contribution is 2.20. The van der Waals surface area contributed by atoms with Gasteiger partial charge < -0.3 is 15.5 Å². The average Bonchev–Trinajstić information content (AvgIpc) is 2.67. The third-order valence-electron chi connectivity index (χ3n) is 4.74. The number of anilines is 2. The summed E-state index contributed by atoms with van der Waals surface area (Å²) >= 11 is 5.92. The van der Waals surface area contributed by atoms with Crippen LogP contribution in [0.25, 0.3) is 0 Å². The number of carbonyl (C=O) groups is 2. The van der Waals surface area contributed by atoms with Gasteiger partial charge in [-0.15, -0.1) is 0 Å². The van der Waals surface area contributed by atoms with Crippen molar-refractivity contribution >= 4 is 34.8 Å². The molecule has 0 aliphatic carbocycles. The maximum absolute atomic E-state index is 12.7. The number of likely N-dealkylation sites (tertiary alicyclic amines) is 1. The lowest BCUT2D eigenvalue weighted by molar-refractivity contribution is -0.114. The van der Waals surface area contributed by atoms with E-state index in [1.165, 1.54) is 0 Å². The summed E-state index contributed by atoms with van der Waals surface area (Å²) in [6.07, 6.45) is 2.10. The third kappa shape index (κ3) is 5.47. The lowest BCUT2D eigenvalue weighted by Crippen LogP contribution is -2.37. The van der Waals surface area contributed by atoms with E-state index in [-0.39, 0.29) is 18.4 Å². The van der Waals surface area contributed by atoms with Gasteiger partial charge in [-0.3, -0.25) is 9.59 Å². The molecule has 2 aromatic rings. The van der Waals surface area contributed by atoms with Crippen molar-refractivity contribution < 1.29 is 9.59 Å². The highest BCUT2D eigenvalue weighted by molar-refractivity contribution is 6.30. The zero-order chi connectivity index (χ0) is 19.2. The minimum absolute atomic E-state index is 0.0499. The van der Waals surface area contributed by atoms with E-state index in [2.05, 4.69) is 17.6 Å². The molecule has 1 saturated heterocycles. The first kappa shape index (κ1) is 19.2. The molecule has 0 saturated carbocycles. The van der Waals surface area contributed by atoms with E-state index in [0.29, 0.717) is 22.2 Å². The average molecular weight is 386 g/mol. The van der Waals surface area contributed by atoms with Gasteiger partial charge in [0.1, 0.15) is 0 Å². The first-order valence-electron chi connectivity index (χ1n) is 9.20. The van der Waals surface area contributed by atoms with Crippen molar-refractivity contribution in [2.45, 2.75) is 19.8 Å². The second-order valence-electron chi connectivity index (χ2n) is 6.97. The van der Waals surface area contributed by atoms with Crippen LogP contribution in [0.3, 0.4) is 0 Å². The minimum Gasteiger partial charge on any atom is -0.376 e. The Morgan fingerprint density at radius 3 is 2.52 bits per heavy atom. The summed E-state index contributed by atoms with van der Waals surface area (Å²) in [6, 6.07) is 14.3. The van der Waals surface area contributed by atoms with Crippen LogP contribution in [0.2, 0.25) is 5.02 Å². The van der Waals surface area contributed by atoms with Gasteiger partial charge in [0.2, 0.25) is 5.91 Å². The number of piperidine rings is 1. The zero-order valence-electron chi connectivity index (χ0n) is 15.4. The topological polar surface area (TPSA) is 61.4 Å². The van der Waals surface area contributed by atoms with Crippen LogP contribution in [0, 0.1) is 5.92 Å². The lowest BCUT2D eigenvalue weighted by atomic mass is 9.98. The van der Waals surface area contributed by atoms with E-state index in [0.717, 1.165) is 31.6 Å². The molecule has 1 fully saturated rings. The molecule has 3 rings (SSSR count). The van der Waals surface area contributed by atoms with Crippen LogP contribution in [-0.2, 0) is 4.79 Å². The summed E-state index contributed by atoms with van der Waals surface area (Å²) in [6.45, 7) is 3.94. The molecule has 2 N–H and O–H groups in total. The molecule has 0 bridgehead atoms. The van der Waals surface area contributed by atoms with E-state index >= 15 is 0 Å². The van der Waals surface area contributed by atoms with E-state index in [1.54, 1.807) is 30.3 Å². The van der Waals surface area contributed by atoms with Gasteiger partial charge in [-0.2, -0.15) is 0 Å². The molecule has 1 heterocycles. The molecule has 142 valence electrons. The monoisotopic (exact) mass is 385 g/mol. The summed E-state index contributed by atoms with van der Waals surface area (Å²) in [5, 5.41) is 6.42. The van der Waals surface area contributed by atoms with Crippen molar-refractivity contribution in [1.82, 2.24) is 4.90 Å². The van der Waals surface area contributed by atoms with Gasteiger partial charge in [-0.1, -0.05) is 30.7 Å². The fourth-order valence-electron chi connectivity index (χ4n) is 3.11. The van der Waals surface area contributed by atoms with Gasteiger partial charge >= 0.3 is 0 Å². The Bertz CT molecular complexity index is 817. The molecule has 5 nitrogen and oxygen atoms in total. The Morgan fingerprint density at radius 1 is 1.07 bits per heavy atom. The van der Waals surface area contributed by atoms with Gasteiger partial charge in [-0.25, -0.2) is 0 Å². The first-order valence-corrected chi connectivity index (χ1v) is 9.57. The molecular formula is C21H24ClN3O2. The van der Waals surface area contributed by atoms with Crippen molar-refractivity contribution in [2.24, 2.45) is 5.92 Å². The fourth-order valence-corrected chi connectivity index (χ4v) is 3.30. The molecule has 2 aromatic carbocycles. The Morgan fingerprint density at radius 2 is 1.78 bits per heavy atom. The highest BCUT2D eigenvalue weighted by Gasteiger charge is 2.21. The quantitative estimate of drug-likeness (QED) is 0.808. The molecule has 2 amide bonds. The molecule has 6 heteroatoms. The number of benzene rings is 2. The molecule has 1 aliphatic heterocycles. The maximum Gasteiger partial charge on any atom is 0.253 e.